The van der Waals surface area contributed by atoms with Gasteiger partial charge in [-0.05, 0) is 42.0 Å². The molecule has 0 spiro atoms. The van der Waals surface area contributed by atoms with Crippen LogP contribution in [-0.4, -0.2) is 28.6 Å². The molecule has 0 fully saturated rings. The van der Waals surface area contributed by atoms with Crippen LogP contribution in [0.2, 0.25) is 0 Å². The van der Waals surface area contributed by atoms with E-state index < -0.39 is 17.2 Å². The predicted octanol–water partition coefficient (Wildman–Crippen LogP) is 3.81. The summed E-state index contributed by atoms with van der Waals surface area (Å²) in [6.07, 6.45) is 1.46. The van der Waals surface area contributed by atoms with Crippen LogP contribution in [0.5, 0.6) is 5.75 Å². The molecule has 186 valence electrons. The Morgan fingerprint density at radius 1 is 1.14 bits per heavy atom. The lowest BCUT2D eigenvalue weighted by molar-refractivity contribution is -0.120. The Morgan fingerprint density at radius 2 is 1.86 bits per heavy atom. The first-order valence-electron chi connectivity index (χ1n) is 11.9. The fourth-order valence-corrected chi connectivity index (χ4v) is 3.90. The molecule has 0 saturated heterocycles. The number of carbonyl (C=O) groups excluding carboxylic acids is 1. The van der Waals surface area contributed by atoms with Crippen molar-refractivity contribution in [3.05, 3.63) is 86.1 Å². The van der Waals surface area contributed by atoms with E-state index in [4.69, 9.17) is 10.5 Å². The van der Waals surface area contributed by atoms with Crippen molar-refractivity contribution in [3.8, 4) is 5.75 Å². The lowest BCUT2D eigenvalue weighted by Crippen LogP contribution is -2.43. The van der Waals surface area contributed by atoms with Gasteiger partial charge in [0.2, 0.25) is 0 Å². The zero-order chi connectivity index (χ0) is 25.5. The van der Waals surface area contributed by atoms with Crippen LogP contribution in [0.1, 0.15) is 56.2 Å². The first-order chi connectivity index (χ1) is 16.7. The lowest BCUT2D eigenvalue weighted by atomic mass is 10.0. The zero-order valence-corrected chi connectivity index (χ0v) is 20.8. The van der Waals surface area contributed by atoms with E-state index in [1.807, 2.05) is 62.4 Å². The summed E-state index contributed by atoms with van der Waals surface area (Å²) in [5.41, 5.74) is 7.85. The van der Waals surface area contributed by atoms with Crippen LogP contribution in [0.3, 0.4) is 0 Å². The molecule has 0 radical (unpaired) electrons. The van der Waals surface area contributed by atoms with Crippen molar-refractivity contribution in [2.24, 2.45) is 0 Å². The average molecular weight is 479 g/mol. The van der Waals surface area contributed by atoms with Gasteiger partial charge in [0.15, 0.2) is 12.3 Å². The van der Waals surface area contributed by atoms with E-state index in [1.54, 1.807) is 0 Å². The first-order valence-corrected chi connectivity index (χ1v) is 11.9. The normalized spacial score (nSPS) is 11.0. The number of amides is 1. The van der Waals surface area contributed by atoms with Crippen molar-refractivity contribution >= 4 is 17.4 Å². The molecule has 8 heteroatoms. The van der Waals surface area contributed by atoms with Crippen LogP contribution in [0.25, 0.3) is 0 Å². The smallest absolute Gasteiger partial charge is 0.330 e. The molecule has 0 aliphatic carbocycles. The van der Waals surface area contributed by atoms with E-state index in [0.717, 1.165) is 23.1 Å². The minimum atomic E-state index is -0.695. The van der Waals surface area contributed by atoms with Gasteiger partial charge in [-0.15, -0.1) is 0 Å². The van der Waals surface area contributed by atoms with E-state index in [2.05, 4.69) is 18.8 Å². The van der Waals surface area contributed by atoms with E-state index in [-0.39, 0.29) is 37.1 Å². The highest BCUT2D eigenvalue weighted by Crippen LogP contribution is 2.28. The number of aromatic nitrogens is 2. The predicted molar refractivity (Wildman–Crippen MR) is 139 cm³/mol. The number of unbranched alkanes of at least 4 members (excludes halogenated alkanes) is 1. The van der Waals surface area contributed by atoms with Gasteiger partial charge in [-0.2, -0.15) is 0 Å². The van der Waals surface area contributed by atoms with E-state index in [1.165, 1.54) is 9.47 Å². The third-order valence-corrected chi connectivity index (χ3v) is 5.85. The van der Waals surface area contributed by atoms with Crippen LogP contribution < -0.4 is 26.6 Å². The highest BCUT2D eigenvalue weighted by Gasteiger charge is 2.25. The van der Waals surface area contributed by atoms with Crippen molar-refractivity contribution in [2.75, 3.05) is 23.8 Å². The fourth-order valence-electron chi connectivity index (χ4n) is 3.90. The van der Waals surface area contributed by atoms with Gasteiger partial charge >= 0.3 is 5.69 Å². The number of ether oxygens (including phenoxy) is 1. The Kier molecular flexibility index (Phi) is 8.52. The highest BCUT2D eigenvalue weighted by atomic mass is 16.5. The van der Waals surface area contributed by atoms with Crippen molar-refractivity contribution in [3.63, 3.8) is 0 Å². The topological polar surface area (TPSA) is 110 Å². The maximum Gasteiger partial charge on any atom is 0.330 e. The number of nitrogen functional groups attached to an aromatic ring is 1. The number of hydrogen-bond acceptors (Lipinski definition) is 5. The number of aryl methyl sites for hydroxylation is 1. The third kappa shape index (κ3) is 6.20. The highest BCUT2D eigenvalue weighted by molar-refractivity contribution is 5.96. The molecule has 0 aliphatic heterocycles. The maximum absolute atomic E-state index is 13.4. The molecular formula is C27H34N4O4. The average Bonchev–Trinajstić information content (AvgIpc) is 2.82. The Labute approximate surface area is 205 Å². The van der Waals surface area contributed by atoms with Gasteiger partial charge in [0.1, 0.15) is 11.6 Å². The summed E-state index contributed by atoms with van der Waals surface area (Å²) in [7, 11) is 0. The molecule has 8 nitrogen and oxygen atoms in total. The molecule has 2 aromatic carbocycles. The van der Waals surface area contributed by atoms with Gasteiger partial charge in [0.25, 0.3) is 11.5 Å². The number of aromatic amines is 1. The summed E-state index contributed by atoms with van der Waals surface area (Å²) in [5, 5.41) is 0. The second kappa shape index (κ2) is 11.6. The summed E-state index contributed by atoms with van der Waals surface area (Å²) < 4.78 is 7.21. The third-order valence-electron chi connectivity index (χ3n) is 5.85. The number of benzene rings is 2. The molecule has 1 amide bonds. The van der Waals surface area contributed by atoms with Gasteiger partial charge in [-0.25, -0.2) is 4.79 Å². The van der Waals surface area contributed by atoms with Crippen LogP contribution in [0, 0.1) is 6.92 Å². The minimum Gasteiger partial charge on any atom is -0.483 e. The molecular weight excluding hydrogens is 444 g/mol. The van der Waals surface area contributed by atoms with Gasteiger partial charge in [-0.1, -0.05) is 69.7 Å². The number of nitrogens with zero attached hydrogens (tertiary/aromatic N) is 2. The molecule has 0 atom stereocenters. The Balaban J connectivity index is 1.95. The molecule has 0 bridgehead atoms. The molecule has 3 rings (SSSR count). The lowest BCUT2D eigenvalue weighted by Gasteiger charge is -2.25. The monoisotopic (exact) mass is 478 g/mol. The zero-order valence-electron chi connectivity index (χ0n) is 20.8. The molecule has 1 heterocycles. The summed E-state index contributed by atoms with van der Waals surface area (Å²) in [6, 6.07) is 15.2. The number of rotatable bonds is 10. The fraction of sp³-hybridized carbons (Fsp3) is 0.370. The molecule has 3 aromatic rings. The van der Waals surface area contributed by atoms with E-state index >= 15 is 0 Å². The molecule has 1 aromatic heterocycles. The van der Waals surface area contributed by atoms with Gasteiger partial charge in [0.05, 0.1) is 6.54 Å². The number of nitrogens with one attached hydrogen (secondary N) is 1. The first kappa shape index (κ1) is 25.8. The van der Waals surface area contributed by atoms with Crippen LogP contribution in [0.15, 0.2) is 58.1 Å². The Hall–Kier alpha value is -3.81. The number of carbonyl (C=O) groups is 1. The Bertz CT molecular complexity index is 1280. The minimum absolute atomic E-state index is 0.0316. The number of H-pyrrole nitrogens is 1. The van der Waals surface area contributed by atoms with Crippen molar-refractivity contribution in [1.82, 2.24) is 9.55 Å². The molecule has 0 aliphatic rings. The maximum atomic E-state index is 13.4. The summed E-state index contributed by atoms with van der Waals surface area (Å²) in [6.45, 7) is 8.26. The van der Waals surface area contributed by atoms with Gasteiger partial charge < -0.3 is 15.4 Å². The van der Waals surface area contributed by atoms with Crippen molar-refractivity contribution < 1.29 is 9.53 Å². The van der Waals surface area contributed by atoms with Crippen molar-refractivity contribution in [2.45, 2.75) is 53.0 Å². The van der Waals surface area contributed by atoms with Crippen LogP contribution in [0.4, 0.5) is 11.5 Å². The number of hydrogen-bond donors (Lipinski definition) is 2. The number of anilines is 2. The van der Waals surface area contributed by atoms with Gasteiger partial charge in [0, 0.05) is 6.54 Å². The molecule has 0 saturated carbocycles. The molecule has 35 heavy (non-hydrogen) atoms. The summed E-state index contributed by atoms with van der Waals surface area (Å²) in [5.74, 6) is 0.402. The van der Waals surface area contributed by atoms with E-state index in [0.29, 0.717) is 12.2 Å². The van der Waals surface area contributed by atoms with Gasteiger partial charge in [-0.3, -0.25) is 19.1 Å². The SMILES string of the molecule is CCCCN(C(=O)COc1cc(C)ccc1C(C)C)c1c(N)n(Cc2ccccc2)c(=O)[nH]c1=O. The quantitative estimate of drug-likeness (QED) is 0.460. The van der Waals surface area contributed by atoms with Crippen LogP contribution >= 0.6 is 0 Å². The summed E-state index contributed by atoms with van der Waals surface area (Å²) >= 11 is 0. The van der Waals surface area contributed by atoms with Crippen molar-refractivity contribution in [1.29, 1.82) is 0 Å². The van der Waals surface area contributed by atoms with Crippen LogP contribution in [-0.2, 0) is 11.3 Å². The summed E-state index contributed by atoms with van der Waals surface area (Å²) in [4.78, 5) is 42.4. The largest absolute Gasteiger partial charge is 0.483 e. The van der Waals surface area contributed by atoms with E-state index in [9.17, 15) is 14.4 Å². The standard InChI is InChI=1S/C27H34N4O4/c1-5-6-14-30(23(32)17-35-22-15-19(4)12-13-21(22)18(2)3)24-25(28)31(27(34)29-26(24)33)16-20-10-8-7-9-11-20/h7-13,15,18H,5-6,14,16-17,28H2,1-4H3,(H,29,33,34). The number of nitrogens with two attached hydrogens (primary N) is 1. The molecule has 0 unspecified atom stereocenters. The Morgan fingerprint density at radius 3 is 2.51 bits per heavy atom. The molecule has 3 N–H and O–H groups in total. The second-order valence-electron chi connectivity index (χ2n) is 8.95. The second-order valence-corrected chi connectivity index (χ2v) is 8.95.